The van der Waals surface area contributed by atoms with Crippen LogP contribution in [0.15, 0.2) is 33.6 Å². The summed E-state index contributed by atoms with van der Waals surface area (Å²) < 4.78 is 1.17. The van der Waals surface area contributed by atoms with Gasteiger partial charge in [-0.15, -0.1) is 11.3 Å². The van der Waals surface area contributed by atoms with Gasteiger partial charge in [-0.3, -0.25) is 0 Å². The molecule has 0 saturated carbocycles. The minimum Gasteiger partial charge on any atom is -0.355 e. The predicted octanol–water partition coefficient (Wildman–Crippen LogP) is 4.21. The molecule has 20 heavy (non-hydrogen) atoms. The molecule has 0 aromatic carbocycles. The smallest absolute Gasteiger partial charge is 0.128 e. The van der Waals surface area contributed by atoms with Crippen LogP contribution in [0.4, 0.5) is 5.82 Å². The Labute approximate surface area is 133 Å². The minimum absolute atomic E-state index is 0.347. The third-order valence-corrected chi connectivity index (χ3v) is 4.77. The van der Waals surface area contributed by atoms with E-state index in [0.717, 1.165) is 18.9 Å². The van der Waals surface area contributed by atoms with Crippen molar-refractivity contribution >= 4 is 33.1 Å². The first kappa shape index (κ1) is 15.5. The van der Waals surface area contributed by atoms with Crippen molar-refractivity contribution in [3.05, 3.63) is 44.7 Å². The van der Waals surface area contributed by atoms with Gasteiger partial charge in [0.2, 0.25) is 0 Å². The van der Waals surface area contributed by atoms with Crippen molar-refractivity contribution in [2.45, 2.75) is 26.4 Å². The second-order valence-corrected chi connectivity index (χ2v) is 7.13. The molecule has 2 rings (SSSR count). The molecule has 0 spiro atoms. The summed E-state index contributed by atoms with van der Waals surface area (Å²) in [5, 5.41) is 5.56. The number of hydrogen-bond acceptors (Lipinski definition) is 4. The third-order valence-electron chi connectivity index (χ3n) is 3.21. The Bertz CT molecular complexity index is 538. The van der Waals surface area contributed by atoms with E-state index in [9.17, 15) is 0 Å². The molecule has 2 aromatic heterocycles. The minimum atomic E-state index is 0.347. The highest BCUT2D eigenvalue weighted by molar-refractivity contribution is 9.11. The summed E-state index contributed by atoms with van der Waals surface area (Å²) >= 11 is 5.21. The number of nitrogens with zero attached hydrogens (tertiary/aromatic N) is 2. The molecule has 108 valence electrons. The largest absolute Gasteiger partial charge is 0.355 e. The lowest BCUT2D eigenvalue weighted by Gasteiger charge is -2.19. The number of hydrogen-bond donors (Lipinski definition) is 1. The lowest BCUT2D eigenvalue weighted by Crippen LogP contribution is -2.19. The summed E-state index contributed by atoms with van der Waals surface area (Å²) in [6, 6.07) is 6.74. The standard InChI is InChI=1S/C15H20BrN3S/c1-4-17-11(2)13-5-6-15(18-8-13)19(3)9-12-7-14(16)20-10-12/h5-8,10-11,17H,4,9H2,1-3H3. The molecule has 1 atom stereocenters. The maximum Gasteiger partial charge on any atom is 0.128 e. The molecular formula is C15H20BrN3S. The average Bonchev–Trinajstić information content (AvgIpc) is 2.84. The van der Waals surface area contributed by atoms with Crippen molar-refractivity contribution in [1.29, 1.82) is 0 Å². The summed E-state index contributed by atoms with van der Waals surface area (Å²) in [5.41, 5.74) is 2.53. The van der Waals surface area contributed by atoms with Crippen molar-refractivity contribution in [3.63, 3.8) is 0 Å². The van der Waals surface area contributed by atoms with Crippen LogP contribution in [0.1, 0.15) is 31.0 Å². The highest BCUT2D eigenvalue weighted by Gasteiger charge is 2.08. The van der Waals surface area contributed by atoms with Gasteiger partial charge in [0.15, 0.2) is 0 Å². The van der Waals surface area contributed by atoms with Crippen LogP contribution in [0.25, 0.3) is 0 Å². The van der Waals surface area contributed by atoms with Crippen LogP contribution in [0.2, 0.25) is 0 Å². The monoisotopic (exact) mass is 353 g/mol. The van der Waals surface area contributed by atoms with Gasteiger partial charge in [0.25, 0.3) is 0 Å². The van der Waals surface area contributed by atoms with Gasteiger partial charge >= 0.3 is 0 Å². The van der Waals surface area contributed by atoms with Gasteiger partial charge in [0, 0.05) is 25.8 Å². The van der Waals surface area contributed by atoms with E-state index in [1.807, 2.05) is 6.20 Å². The van der Waals surface area contributed by atoms with Crippen molar-refractivity contribution in [2.75, 3.05) is 18.5 Å². The fourth-order valence-electron chi connectivity index (χ4n) is 2.09. The first-order chi connectivity index (χ1) is 9.60. The molecule has 0 saturated heterocycles. The van der Waals surface area contributed by atoms with Gasteiger partial charge in [-0.1, -0.05) is 13.0 Å². The van der Waals surface area contributed by atoms with Crippen LogP contribution in [0.5, 0.6) is 0 Å². The Kier molecular flexibility index (Phi) is 5.57. The molecular weight excluding hydrogens is 334 g/mol. The molecule has 2 aromatic rings. The highest BCUT2D eigenvalue weighted by Crippen LogP contribution is 2.23. The number of nitrogens with one attached hydrogen (secondary N) is 1. The van der Waals surface area contributed by atoms with Gasteiger partial charge in [0.05, 0.1) is 3.79 Å². The van der Waals surface area contributed by atoms with Crippen LogP contribution in [-0.4, -0.2) is 18.6 Å². The molecule has 0 bridgehead atoms. The fraction of sp³-hybridized carbons (Fsp3) is 0.400. The Balaban J connectivity index is 2.01. The summed E-state index contributed by atoms with van der Waals surface area (Å²) in [6.45, 7) is 6.12. The highest BCUT2D eigenvalue weighted by atomic mass is 79.9. The third kappa shape index (κ3) is 4.04. The Morgan fingerprint density at radius 1 is 1.45 bits per heavy atom. The zero-order chi connectivity index (χ0) is 14.5. The number of pyridine rings is 1. The molecule has 0 aliphatic carbocycles. The topological polar surface area (TPSA) is 28.2 Å². The average molecular weight is 354 g/mol. The van der Waals surface area contributed by atoms with Crippen LogP contribution >= 0.6 is 27.3 Å². The summed E-state index contributed by atoms with van der Waals surface area (Å²) in [4.78, 5) is 6.73. The van der Waals surface area contributed by atoms with Crippen molar-refractivity contribution in [1.82, 2.24) is 10.3 Å². The number of rotatable bonds is 6. The number of aromatic nitrogens is 1. The second-order valence-electron chi connectivity index (χ2n) is 4.84. The quantitative estimate of drug-likeness (QED) is 0.842. The summed E-state index contributed by atoms with van der Waals surface area (Å²) in [6.07, 6.45) is 1.96. The van der Waals surface area contributed by atoms with Crippen molar-refractivity contribution in [2.24, 2.45) is 0 Å². The predicted molar refractivity (Wildman–Crippen MR) is 90.5 cm³/mol. The van der Waals surface area contributed by atoms with E-state index in [2.05, 4.69) is 75.6 Å². The van der Waals surface area contributed by atoms with Gasteiger partial charge < -0.3 is 10.2 Å². The first-order valence-corrected chi connectivity index (χ1v) is 8.40. The molecule has 0 radical (unpaired) electrons. The lowest BCUT2D eigenvalue weighted by molar-refractivity contribution is 0.596. The maximum atomic E-state index is 4.56. The molecule has 5 heteroatoms. The van der Waals surface area contributed by atoms with Crippen molar-refractivity contribution < 1.29 is 0 Å². The normalized spacial score (nSPS) is 12.4. The second kappa shape index (κ2) is 7.20. The van der Waals surface area contributed by atoms with E-state index < -0.39 is 0 Å². The van der Waals surface area contributed by atoms with Crippen LogP contribution in [-0.2, 0) is 6.54 Å². The molecule has 3 nitrogen and oxygen atoms in total. The van der Waals surface area contributed by atoms with Crippen LogP contribution in [0, 0.1) is 0 Å². The maximum absolute atomic E-state index is 4.56. The van der Waals surface area contributed by atoms with Gasteiger partial charge in [-0.05, 0) is 58.0 Å². The van der Waals surface area contributed by atoms with Crippen molar-refractivity contribution in [3.8, 4) is 0 Å². The summed E-state index contributed by atoms with van der Waals surface area (Å²) in [5.74, 6) is 1.000. The Morgan fingerprint density at radius 2 is 2.25 bits per heavy atom. The van der Waals surface area contributed by atoms with E-state index in [1.165, 1.54) is 14.9 Å². The molecule has 0 amide bonds. The van der Waals surface area contributed by atoms with E-state index in [1.54, 1.807) is 11.3 Å². The van der Waals surface area contributed by atoms with Crippen LogP contribution < -0.4 is 10.2 Å². The Morgan fingerprint density at radius 3 is 2.80 bits per heavy atom. The first-order valence-electron chi connectivity index (χ1n) is 6.73. The number of anilines is 1. The van der Waals surface area contributed by atoms with E-state index >= 15 is 0 Å². The molecule has 1 unspecified atom stereocenters. The number of halogens is 1. The van der Waals surface area contributed by atoms with Gasteiger partial charge in [0.1, 0.15) is 5.82 Å². The molecule has 0 fully saturated rings. The molecule has 1 N–H and O–H groups in total. The zero-order valence-corrected chi connectivity index (χ0v) is 14.5. The van der Waals surface area contributed by atoms with E-state index in [0.29, 0.717) is 6.04 Å². The van der Waals surface area contributed by atoms with E-state index in [-0.39, 0.29) is 0 Å². The number of thiophene rings is 1. The Hall–Kier alpha value is -0.910. The molecule has 0 aliphatic heterocycles. The lowest BCUT2D eigenvalue weighted by atomic mass is 10.1. The SMILES string of the molecule is CCNC(C)c1ccc(N(C)Cc2csc(Br)c2)nc1. The molecule has 2 heterocycles. The van der Waals surface area contributed by atoms with E-state index in [4.69, 9.17) is 0 Å². The summed E-state index contributed by atoms with van der Waals surface area (Å²) in [7, 11) is 2.07. The fourth-order valence-corrected chi connectivity index (χ4v) is 3.29. The zero-order valence-electron chi connectivity index (χ0n) is 12.1. The van der Waals surface area contributed by atoms with Crippen LogP contribution in [0.3, 0.4) is 0 Å². The molecule has 0 aliphatic rings. The van der Waals surface area contributed by atoms with Gasteiger partial charge in [-0.2, -0.15) is 0 Å². The van der Waals surface area contributed by atoms with Gasteiger partial charge in [-0.25, -0.2) is 4.98 Å².